The Balaban J connectivity index is 2.19. The highest BCUT2D eigenvalue weighted by Crippen LogP contribution is 2.25. The van der Waals surface area contributed by atoms with E-state index in [9.17, 15) is 13.2 Å². The van der Waals surface area contributed by atoms with Crippen molar-refractivity contribution in [1.29, 1.82) is 0 Å². The fourth-order valence-corrected chi connectivity index (χ4v) is 2.94. The van der Waals surface area contributed by atoms with Crippen LogP contribution < -0.4 is 4.90 Å². The summed E-state index contributed by atoms with van der Waals surface area (Å²) < 4.78 is 32.3. The lowest BCUT2D eigenvalue weighted by Gasteiger charge is -2.21. The van der Waals surface area contributed by atoms with Gasteiger partial charge in [-0.05, 0) is 51.5 Å². The van der Waals surface area contributed by atoms with Crippen LogP contribution in [0.5, 0.6) is 0 Å². The van der Waals surface area contributed by atoms with Crippen molar-refractivity contribution < 1.29 is 22.1 Å². The minimum absolute atomic E-state index is 0.126. The van der Waals surface area contributed by atoms with Crippen molar-refractivity contribution >= 4 is 32.7 Å². The summed E-state index contributed by atoms with van der Waals surface area (Å²) >= 11 is 0. The van der Waals surface area contributed by atoms with Gasteiger partial charge in [0.25, 0.3) is 10.1 Å². The van der Waals surface area contributed by atoms with Crippen LogP contribution in [0.2, 0.25) is 0 Å². The van der Waals surface area contributed by atoms with Gasteiger partial charge in [-0.2, -0.15) is 8.42 Å². The van der Waals surface area contributed by atoms with Gasteiger partial charge in [0.1, 0.15) is 5.60 Å². The van der Waals surface area contributed by atoms with Gasteiger partial charge in [-0.15, -0.1) is 0 Å². The number of ether oxygens (including phenoxy) is 1. The van der Waals surface area contributed by atoms with Crippen LogP contribution in [0.4, 0.5) is 5.69 Å². The van der Waals surface area contributed by atoms with Gasteiger partial charge in [-0.25, -0.2) is 4.79 Å². The molecule has 0 unspecified atom stereocenters. The van der Waals surface area contributed by atoms with E-state index >= 15 is 0 Å². The Labute approximate surface area is 160 Å². The van der Waals surface area contributed by atoms with E-state index in [-0.39, 0.29) is 6.61 Å². The van der Waals surface area contributed by atoms with Crippen molar-refractivity contribution in [3.8, 4) is 0 Å². The molecule has 0 aliphatic heterocycles. The van der Waals surface area contributed by atoms with Gasteiger partial charge in [-0.1, -0.05) is 0 Å². The van der Waals surface area contributed by atoms with Crippen LogP contribution in [-0.4, -0.2) is 51.4 Å². The first-order valence-electron chi connectivity index (χ1n) is 8.64. The van der Waals surface area contributed by atoms with Crippen LogP contribution in [-0.2, 0) is 19.0 Å². The van der Waals surface area contributed by atoms with E-state index in [4.69, 9.17) is 8.92 Å². The van der Waals surface area contributed by atoms with E-state index in [0.717, 1.165) is 11.9 Å². The molecule has 0 amide bonds. The van der Waals surface area contributed by atoms with Crippen molar-refractivity contribution in [2.24, 2.45) is 0 Å². The van der Waals surface area contributed by atoms with Crippen LogP contribution >= 0.6 is 0 Å². The lowest BCUT2D eigenvalue weighted by molar-refractivity contribution is 0.00717. The molecule has 1 heterocycles. The zero-order valence-corrected chi connectivity index (χ0v) is 17.2. The molecule has 1 aromatic carbocycles. The van der Waals surface area contributed by atoms with Crippen LogP contribution in [0.3, 0.4) is 0 Å². The van der Waals surface area contributed by atoms with Crippen LogP contribution in [0.15, 0.2) is 30.5 Å². The van der Waals surface area contributed by atoms with Gasteiger partial charge in [-0.3, -0.25) is 9.17 Å². The number of anilines is 1. The Kier molecular flexibility index (Phi) is 6.43. The van der Waals surface area contributed by atoms with Crippen LogP contribution in [0.1, 0.15) is 37.6 Å². The quantitative estimate of drug-likeness (QED) is 0.405. The van der Waals surface area contributed by atoms with Crippen molar-refractivity contribution in [1.82, 2.24) is 4.98 Å². The Morgan fingerprint density at radius 3 is 2.56 bits per heavy atom. The average molecular weight is 394 g/mol. The zero-order valence-electron chi connectivity index (χ0n) is 16.4. The summed E-state index contributed by atoms with van der Waals surface area (Å²) in [6, 6.07) is 7.30. The summed E-state index contributed by atoms with van der Waals surface area (Å²) in [6.45, 7) is 6.20. The Morgan fingerprint density at radius 2 is 1.93 bits per heavy atom. The monoisotopic (exact) mass is 394 g/mol. The van der Waals surface area contributed by atoms with E-state index in [0.29, 0.717) is 29.4 Å². The zero-order chi connectivity index (χ0) is 20.2. The normalized spacial score (nSPS) is 12.2. The molecule has 0 spiro atoms. The first-order valence-corrected chi connectivity index (χ1v) is 10.5. The summed E-state index contributed by atoms with van der Waals surface area (Å²) in [7, 11) is -1.53. The maximum absolute atomic E-state index is 12.5. The largest absolute Gasteiger partial charge is 0.456 e. The Hall–Kier alpha value is -2.19. The highest BCUT2D eigenvalue weighted by molar-refractivity contribution is 7.85. The number of fused-ring (bicyclic) bond motifs is 1. The molecular weight excluding hydrogens is 368 g/mol. The first-order chi connectivity index (χ1) is 12.5. The fourth-order valence-electron chi connectivity index (χ4n) is 2.52. The summed E-state index contributed by atoms with van der Waals surface area (Å²) in [4.78, 5) is 18.8. The van der Waals surface area contributed by atoms with Gasteiger partial charge in [0.05, 0.1) is 23.9 Å². The van der Waals surface area contributed by atoms with Gasteiger partial charge in [0.2, 0.25) is 0 Å². The number of pyridine rings is 1. The van der Waals surface area contributed by atoms with Crippen LogP contribution in [0, 0.1) is 0 Å². The molecule has 2 aromatic rings. The maximum atomic E-state index is 12.5. The van der Waals surface area contributed by atoms with E-state index < -0.39 is 21.7 Å². The Bertz CT molecular complexity index is 919. The molecule has 7 nitrogen and oxygen atoms in total. The molecule has 0 fully saturated rings. The van der Waals surface area contributed by atoms with Crippen molar-refractivity contribution in [2.45, 2.75) is 32.8 Å². The standard InChI is InChI=1S/C19H26N2O5S/c1-19(2,3)26-18(22)15-9-10-20-17-8-7-14(13-16(15)17)21(4)11-6-12-25-27(5,23)24/h7-10,13H,6,11-12H2,1-5H3. The molecule has 148 valence electrons. The number of nitrogens with zero attached hydrogens (tertiary/aromatic N) is 2. The number of benzene rings is 1. The van der Waals surface area contributed by atoms with Crippen LogP contribution in [0.25, 0.3) is 10.9 Å². The molecule has 0 aliphatic carbocycles. The number of carbonyl (C=O) groups is 1. The minimum atomic E-state index is -3.42. The van der Waals surface area contributed by atoms with E-state index in [1.165, 1.54) is 0 Å². The number of hydrogen-bond acceptors (Lipinski definition) is 7. The second kappa shape index (κ2) is 8.22. The summed E-state index contributed by atoms with van der Waals surface area (Å²) in [6.07, 6.45) is 3.17. The van der Waals surface area contributed by atoms with Gasteiger partial charge >= 0.3 is 5.97 Å². The minimum Gasteiger partial charge on any atom is -0.456 e. The van der Waals surface area contributed by atoms with E-state index in [1.54, 1.807) is 12.3 Å². The van der Waals surface area contributed by atoms with Gasteiger partial charge < -0.3 is 9.64 Å². The van der Waals surface area contributed by atoms with Gasteiger partial charge in [0.15, 0.2) is 0 Å². The molecule has 0 aliphatic rings. The van der Waals surface area contributed by atoms with E-state index in [1.807, 2.05) is 50.9 Å². The Morgan fingerprint density at radius 1 is 1.22 bits per heavy atom. The summed E-state index contributed by atoms with van der Waals surface area (Å²) in [5.74, 6) is -0.392. The lowest BCUT2D eigenvalue weighted by Crippen LogP contribution is -2.24. The molecule has 2 rings (SSSR count). The predicted molar refractivity (Wildman–Crippen MR) is 106 cm³/mol. The second-order valence-electron chi connectivity index (χ2n) is 7.36. The molecule has 27 heavy (non-hydrogen) atoms. The van der Waals surface area contributed by atoms with E-state index in [2.05, 4.69) is 4.98 Å². The molecule has 0 N–H and O–H groups in total. The third-order valence-electron chi connectivity index (χ3n) is 3.72. The number of esters is 1. The third kappa shape index (κ3) is 6.48. The topological polar surface area (TPSA) is 85.8 Å². The van der Waals surface area contributed by atoms with Crippen molar-refractivity contribution in [2.75, 3.05) is 31.4 Å². The molecule has 8 heteroatoms. The van der Waals surface area contributed by atoms with Crippen molar-refractivity contribution in [3.63, 3.8) is 0 Å². The molecule has 0 saturated carbocycles. The number of rotatable bonds is 7. The molecule has 0 saturated heterocycles. The average Bonchev–Trinajstić information content (AvgIpc) is 2.55. The first kappa shape index (κ1) is 21.1. The smallest absolute Gasteiger partial charge is 0.339 e. The molecular formula is C19H26N2O5S. The predicted octanol–water partition coefficient (Wildman–Crippen LogP) is 2.99. The maximum Gasteiger partial charge on any atom is 0.339 e. The number of carbonyl (C=O) groups excluding carboxylic acids is 1. The molecule has 0 bridgehead atoms. The summed E-state index contributed by atoms with van der Waals surface area (Å²) in [5, 5.41) is 0.712. The lowest BCUT2D eigenvalue weighted by atomic mass is 10.1. The third-order valence-corrected chi connectivity index (χ3v) is 4.31. The van der Waals surface area contributed by atoms with Gasteiger partial charge in [0, 0.05) is 30.9 Å². The highest BCUT2D eigenvalue weighted by atomic mass is 32.2. The number of hydrogen-bond donors (Lipinski definition) is 0. The SMILES string of the molecule is CN(CCCOS(C)(=O)=O)c1ccc2nccc(C(=O)OC(C)(C)C)c2c1. The summed E-state index contributed by atoms with van der Waals surface area (Å²) in [5.41, 5.74) is 1.47. The van der Waals surface area contributed by atoms with Crippen molar-refractivity contribution in [3.05, 3.63) is 36.0 Å². The second-order valence-corrected chi connectivity index (χ2v) is 9.01. The fraction of sp³-hybridized carbons (Fsp3) is 0.474. The molecule has 0 atom stereocenters. The molecule has 0 radical (unpaired) electrons. The number of aromatic nitrogens is 1. The highest BCUT2D eigenvalue weighted by Gasteiger charge is 2.20. The molecule has 1 aromatic heterocycles.